The summed E-state index contributed by atoms with van der Waals surface area (Å²) in [5.74, 6) is 0.117. The van der Waals surface area contributed by atoms with Crippen molar-refractivity contribution in [1.82, 2.24) is 10.2 Å². The highest BCUT2D eigenvalue weighted by molar-refractivity contribution is 6.42. The molecule has 3 aromatic carbocycles. The van der Waals surface area contributed by atoms with Gasteiger partial charge in [0.15, 0.2) is 6.61 Å². The van der Waals surface area contributed by atoms with Gasteiger partial charge in [0, 0.05) is 19.0 Å². The van der Waals surface area contributed by atoms with Gasteiger partial charge in [-0.05, 0) is 55.2 Å². The van der Waals surface area contributed by atoms with E-state index in [2.05, 4.69) is 5.32 Å². The minimum atomic E-state index is -0.746. The summed E-state index contributed by atoms with van der Waals surface area (Å²) in [5.41, 5.74) is 2.65. The number of aryl methyl sites for hydroxylation is 1. The Bertz CT molecular complexity index is 1170. The second-order valence-electron chi connectivity index (χ2n) is 8.85. The number of hydrogen-bond acceptors (Lipinski definition) is 3. The molecule has 0 bridgehead atoms. The number of ether oxygens (including phenoxy) is 1. The lowest BCUT2D eigenvalue weighted by Gasteiger charge is -2.32. The summed E-state index contributed by atoms with van der Waals surface area (Å²) in [5, 5.41) is 3.87. The fraction of sp³-hybridized carbons (Fsp3) is 0.310. The van der Waals surface area contributed by atoms with Crippen LogP contribution in [0.3, 0.4) is 0 Å². The number of nitrogens with zero attached hydrogens (tertiary/aromatic N) is 1. The van der Waals surface area contributed by atoms with E-state index in [9.17, 15) is 9.59 Å². The highest BCUT2D eigenvalue weighted by Crippen LogP contribution is 2.25. The highest BCUT2D eigenvalue weighted by Gasteiger charge is 2.31. The van der Waals surface area contributed by atoms with Crippen LogP contribution in [0.15, 0.2) is 72.8 Å². The van der Waals surface area contributed by atoms with Crippen molar-refractivity contribution in [2.24, 2.45) is 0 Å². The van der Waals surface area contributed by atoms with E-state index in [1.54, 1.807) is 17.0 Å². The molecule has 0 radical (unpaired) electrons. The number of carbonyl (C=O) groups excluding carboxylic acids is 2. The van der Waals surface area contributed by atoms with Crippen molar-refractivity contribution in [2.75, 3.05) is 6.61 Å². The molecule has 0 aliphatic rings. The van der Waals surface area contributed by atoms with Gasteiger partial charge in [-0.2, -0.15) is 0 Å². The third kappa shape index (κ3) is 7.74. The zero-order valence-electron chi connectivity index (χ0n) is 20.8. The maximum absolute atomic E-state index is 13.6. The van der Waals surface area contributed by atoms with Crippen molar-refractivity contribution in [3.05, 3.63) is 99.5 Å². The van der Waals surface area contributed by atoms with Crippen LogP contribution in [0.4, 0.5) is 0 Å². The van der Waals surface area contributed by atoms with Crippen LogP contribution in [0.5, 0.6) is 5.75 Å². The van der Waals surface area contributed by atoms with E-state index in [1.807, 2.05) is 81.4 Å². The first-order valence-corrected chi connectivity index (χ1v) is 12.8. The second kappa shape index (κ2) is 13.3. The summed E-state index contributed by atoms with van der Waals surface area (Å²) < 4.78 is 5.87. The van der Waals surface area contributed by atoms with Crippen LogP contribution in [0.1, 0.15) is 37.0 Å². The largest absolute Gasteiger partial charge is 0.484 e. The molecule has 2 unspecified atom stereocenters. The van der Waals surface area contributed by atoms with Gasteiger partial charge in [0.2, 0.25) is 5.91 Å². The zero-order chi connectivity index (χ0) is 26.1. The van der Waals surface area contributed by atoms with Crippen molar-refractivity contribution in [3.63, 3.8) is 0 Å². The first-order valence-electron chi connectivity index (χ1n) is 12.0. The summed E-state index contributed by atoms with van der Waals surface area (Å²) in [4.78, 5) is 28.7. The zero-order valence-corrected chi connectivity index (χ0v) is 22.4. The van der Waals surface area contributed by atoms with E-state index in [-0.39, 0.29) is 31.0 Å². The van der Waals surface area contributed by atoms with Gasteiger partial charge < -0.3 is 15.0 Å². The minimum absolute atomic E-state index is 0.0269. The molecule has 0 aromatic heterocycles. The first kappa shape index (κ1) is 27.6. The maximum atomic E-state index is 13.6. The van der Waals surface area contributed by atoms with Crippen LogP contribution in [0, 0.1) is 6.92 Å². The lowest BCUT2D eigenvalue weighted by atomic mass is 10.0. The Balaban J connectivity index is 1.94. The third-order valence-corrected chi connectivity index (χ3v) is 6.79. The average molecular weight is 527 g/mol. The Morgan fingerprint density at radius 2 is 1.64 bits per heavy atom. The van der Waals surface area contributed by atoms with Crippen LogP contribution < -0.4 is 10.1 Å². The normalized spacial score (nSPS) is 12.5. The van der Waals surface area contributed by atoms with E-state index in [0.29, 0.717) is 22.2 Å². The predicted octanol–water partition coefficient (Wildman–Crippen LogP) is 6.24. The number of nitrogens with one attached hydrogen (secondary N) is 1. The van der Waals surface area contributed by atoms with Crippen LogP contribution in [-0.4, -0.2) is 35.4 Å². The molecule has 5 nitrogen and oxygen atoms in total. The minimum Gasteiger partial charge on any atom is -0.484 e. The Kier molecular flexibility index (Phi) is 10.2. The number of carbonyl (C=O) groups is 2. The summed E-state index contributed by atoms with van der Waals surface area (Å²) >= 11 is 12.4. The Morgan fingerprint density at radius 1 is 0.944 bits per heavy atom. The molecule has 3 aromatic rings. The molecule has 36 heavy (non-hydrogen) atoms. The number of amides is 2. The quantitative estimate of drug-likeness (QED) is 0.322. The molecule has 0 saturated carbocycles. The Hall–Kier alpha value is -3.02. The van der Waals surface area contributed by atoms with Gasteiger partial charge in [-0.15, -0.1) is 0 Å². The molecule has 7 heteroatoms. The van der Waals surface area contributed by atoms with Crippen LogP contribution in [0.2, 0.25) is 10.0 Å². The van der Waals surface area contributed by atoms with Crippen molar-refractivity contribution >= 4 is 35.0 Å². The van der Waals surface area contributed by atoms with Crippen LogP contribution >= 0.6 is 23.2 Å². The van der Waals surface area contributed by atoms with Gasteiger partial charge >= 0.3 is 0 Å². The summed E-state index contributed by atoms with van der Waals surface area (Å²) in [6.07, 6.45) is 1.14. The van der Waals surface area contributed by atoms with E-state index >= 15 is 0 Å². The second-order valence-corrected chi connectivity index (χ2v) is 9.66. The molecule has 0 aliphatic carbocycles. The Morgan fingerprint density at radius 3 is 2.31 bits per heavy atom. The number of benzene rings is 3. The van der Waals surface area contributed by atoms with E-state index in [4.69, 9.17) is 27.9 Å². The van der Waals surface area contributed by atoms with Crippen molar-refractivity contribution in [3.8, 4) is 5.75 Å². The van der Waals surface area contributed by atoms with Gasteiger partial charge in [0.1, 0.15) is 11.8 Å². The van der Waals surface area contributed by atoms with Gasteiger partial charge in [-0.1, -0.05) is 84.7 Å². The lowest BCUT2D eigenvalue weighted by molar-refractivity contribution is -0.143. The molecular formula is C29H32Cl2N2O3. The fourth-order valence-corrected chi connectivity index (χ4v) is 4.09. The molecule has 190 valence electrons. The van der Waals surface area contributed by atoms with E-state index in [1.165, 1.54) is 0 Å². The molecule has 0 heterocycles. The third-order valence-electron chi connectivity index (χ3n) is 6.05. The number of rotatable bonds is 11. The highest BCUT2D eigenvalue weighted by atomic mass is 35.5. The van der Waals surface area contributed by atoms with Gasteiger partial charge in [0.05, 0.1) is 10.0 Å². The number of hydrogen-bond donors (Lipinski definition) is 1. The molecular weight excluding hydrogens is 495 g/mol. The molecule has 0 fully saturated rings. The van der Waals surface area contributed by atoms with Gasteiger partial charge in [0.25, 0.3) is 5.91 Å². The summed E-state index contributed by atoms with van der Waals surface area (Å²) in [6, 6.07) is 21.6. The number of halogens is 2. The summed E-state index contributed by atoms with van der Waals surface area (Å²) in [6.45, 7) is 5.85. The van der Waals surface area contributed by atoms with Gasteiger partial charge in [-0.25, -0.2) is 0 Å². The topological polar surface area (TPSA) is 58.6 Å². The molecule has 0 spiro atoms. The SMILES string of the molecule is CCC(C)NC(=O)C(Cc1ccccc1)N(Cc1ccc(Cl)c(Cl)c1)C(=O)COc1ccccc1C. The molecule has 0 aliphatic heterocycles. The van der Waals surface area contributed by atoms with Crippen molar-refractivity contribution < 1.29 is 14.3 Å². The van der Waals surface area contributed by atoms with Crippen LogP contribution in [0.25, 0.3) is 0 Å². The monoisotopic (exact) mass is 526 g/mol. The molecule has 0 saturated heterocycles. The van der Waals surface area contributed by atoms with Crippen molar-refractivity contribution in [1.29, 1.82) is 0 Å². The summed E-state index contributed by atoms with van der Waals surface area (Å²) in [7, 11) is 0. The lowest BCUT2D eigenvalue weighted by Crippen LogP contribution is -2.53. The molecule has 1 N–H and O–H groups in total. The average Bonchev–Trinajstić information content (AvgIpc) is 2.88. The van der Waals surface area contributed by atoms with Gasteiger partial charge in [-0.3, -0.25) is 9.59 Å². The standard InChI is InChI=1S/C29H32Cl2N2O3/c1-4-21(3)32-29(35)26(17-22-11-6-5-7-12-22)33(18-23-14-15-24(30)25(31)16-23)28(34)19-36-27-13-9-8-10-20(27)2/h5-16,21,26H,4,17-19H2,1-3H3,(H,32,35). The van der Waals surface area contributed by atoms with Crippen LogP contribution in [-0.2, 0) is 22.6 Å². The smallest absolute Gasteiger partial charge is 0.261 e. The Labute approximate surface area is 223 Å². The molecule has 3 rings (SSSR count). The van der Waals surface area contributed by atoms with E-state index in [0.717, 1.165) is 23.1 Å². The van der Waals surface area contributed by atoms with E-state index < -0.39 is 6.04 Å². The fourth-order valence-electron chi connectivity index (χ4n) is 3.77. The maximum Gasteiger partial charge on any atom is 0.261 e. The predicted molar refractivity (Wildman–Crippen MR) is 146 cm³/mol. The molecule has 2 atom stereocenters. The first-order chi connectivity index (χ1) is 17.3. The molecule has 2 amide bonds. The number of para-hydroxylation sites is 1. The van der Waals surface area contributed by atoms with Crippen molar-refractivity contribution in [2.45, 2.75) is 52.2 Å².